The molecule has 5 heteroatoms. The van der Waals surface area contributed by atoms with Crippen LogP contribution in [0.2, 0.25) is 0 Å². The number of nitrogens with one attached hydrogen (secondary N) is 1. The first-order valence-electron chi connectivity index (χ1n) is 9.05. The molecule has 4 rings (SSSR count). The van der Waals surface area contributed by atoms with E-state index in [1.54, 1.807) is 14.2 Å². The zero-order chi connectivity index (χ0) is 18.3. The minimum atomic E-state index is 0.574. The first kappa shape index (κ1) is 16.8. The molecule has 1 unspecified atom stereocenters. The molecule has 2 heterocycles. The van der Waals surface area contributed by atoms with Crippen LogP contribution in [-0.4, -0.2) is 37.3 Å². The number of imidazole rings is 1. The van der Waals surface area contributed by atoms with E-state index in [9.17, 15) is 0 Å². The molecule has 0 saturated carbocycles. The van der Waals surface area contributed by atoms with Gasteiger partial charge in [0, 0.05) is 30.8 Å². The van der Waals surface area contributed by atoms with Gasteiger partial charge in [0.25, 0.3) is 0 Å². The van der Waals surface area contributed by atoms with Crippen molar-refractivity contribution in [1.29, 1.82) is 0 Å². The second kappa shape index (κ2) is 6.56. The van der Waals surface area contributed by atoms with Crippen LogP contribution < -0.4 is 14.4 Å². The van der Waals surface area contributed by atoms with E-state index in [2.05, 4.69) is 42.1 Å². The highest BCUT2D eigenvalue weighted by molar-refractivity contribution is 5.85. The maximum Gasteiger partial charge on any atom is 0.161 e. The molecule has 1 aliphatic rings. The van der Waals surface area contributed by atoms with Crippen LogP contribution in [0.25, 0.3) is 11.0 Å². The topological polar surface area (TPSA) is 50.4 Å². The molecule has 3 aromatic rings. The van der Waals surface area contributed by atoms with Crippen molar-refractivity contribution >= 4 is 16.7 Å². The van der Waals surface area contributed by atoms with Crippen LogP contribution >= 0.6 is 0 Å². The molecule has 5 nitrogen and oxygen atoms in total. The van der Waals surface area contributed by atoms with Gasteiger partial charge in [-0.25, -0.2) is 4.98 Å². The largest absolute Gasteiger partial charge is 0.493 e. The van der Waals surface area contributed by atoms with Crippen LogP contribution in [0.4, 0.5) is 5.69 Å². The van der Waals surface area contributed by atoms with Crippen molar-refractivity contribution in [2.24, 2.45) is 0 Å². The van der Waals surface area contributed by atoms with E-state index < -0.39 is 0 Å². The van der Waals surface area contributed by atoms with Crippen LogP contribution in [0.5, 0.6) is 11.5 Å². The summed E-state index contributed by atoms with van der Waals surface area (Å²) in [5, 5.41) is 0. The van der Waals surface area contributed by atoms with Crippen molar-refractivity contribution in [2.45, 2.75) is 32.2 Å². The molecule has 0 fully saturated rings. The Bertz CT molecular complexity index is 948. The maximum absolute atomic E-state index is 5.41. The highest BCUT2D eigenvalue weighted by Gasteiger charge is 2.23. The fraction of sp³-hybridized carbons (Fsp3) is 0.381. The standard InChI is InChI=1S/C21H25N3O2/c1-13-5-7-15-17(24(13)2)9-8-16-21(15)23-20(22-16)12-14-6-10-18(25-3)19(11-14)26-4/h6,8-11,13H,5,7,12H2,1-4H3,(H,22,23). The Balaban J connectivity index is 1.68. The number of aromatic amines is 1. The van der Waals surface area contributed by atoms with Gasteiger partial charge in [-0.2, -0.15) is 0 Å². The Labute approximate surface area is 153 Å². The Morgan fingerprint density at radius 1 is 1.15 bits per heavy atom. The maximum atomic E-state index is 5.41. The molecular weight excluding hydrogens is 326 g/mol. The zero-order valence-corrected chi connectivity index (χ0v) is 15.8. The Kier molecular flexibility index (Phi) is 4.23. The summed E-state index contributed by atoms with van der Waals surface area (Å²) in [6.07, 6.45) is 2.98. The van der Waals surface area contributed by atoms with Crippen LogP contribution in [0.15, 0.2) is 30.3 Å². The van der Waals surface area contributed by atoms with E-state index in [1.807, 2.05) is 12.1 Å². The van der Waals surface area contributed by atoms with E-state index in [1.165, 1.54) is 17.7 Å². The number of rotatable bonds is 4. The molecule has 0 saturated heterocycles. The van der Waals surface area contributed by atoms with Gasteiger partial charge in [-0.05, 0) is 49.6 Å². The van der Waals surface area contributed by atoms with Crippen LogP contribution in [0.1, 0.15) is 30.3 Å². The molecule has 1 aliphatic heterocycles. The lowest BCUT2D eigenvalue weighted by Crippen LogP contribution is -2.33. The number of nitrogens with zero attached hydrogens (tertiary/aromatic N) is 2. The van der Waals surface area contributed by atoms with Crippen molar-refractivity contribution in [2.75, 3.05) is 26.2 Å². The Morgan fingerprint density at radius 2 is 1.96 bits per heavy atom. The quantitative estimate of drug-likeness (QED) is 0.773. The predicted molar refractivity (Wildman–Crippen MR) is 105 cm³/mol. The first-order valence-corrected chi connectivity index (χ1v) is 9.05. The Morgan fingerprint density at radius 3 is 2.73 bits per heavy atom. The molecule has 0 radical (unpaired) electrons. The molecule has 0 amide bonds. The summed E-state index contributed by atoms with van der Waals surface area (Å²) in [5.74, 6) is 2.46. The van der Waals surface area contributed by atoms with Gasteiger partial charge in [-0.15, -0.1) is 0 Å². The average molecular weight is 351 g/mol. The summed E-state index contributed by atoms with van der Waals surface area (Å²) >= 11 is 0. The van der Waals surface area contributed by atoms with Crippen LogP contribution in [-0.2, 0) is 12.8 Å². The van der Waals surface area contributed by atoms with E-state index in [0.717, 1.165) is 46.8 Å². The molecule has 2 aromatic carbocycles. The average Bonchev–Trinajstić information content (AvgIpc) is 3.07. The molecule has 0 aliphatic carbocycles. The predicted octanol–water partition coefficient (Wildman–Crippen LogP) is 3.94. The fourth-order valence-corrected chi connectivity index (χ4v) is 3.80. The van der Waals surface area contributed by atoms with Gasteiger partial charge in [0.15, 0.2) is 11.5 Å². The number of anilines is 1. The van der Waals surface area contributed by atoms with Crippen molar-refractivity contribution in [3.63, 3.8) is 0 Å². The molecule has 1 atom stereocenters. The van der Waals surface area contributed by atoms with E-state index in [0.29, 0.717) is 6.04 Å². The van der Waals surface area contributed by atoms with Crippen LogP contribution in [0.3, 0.4) is 0 Å². The van der Waals surface area contributed by atoms with Gasteiger partial charge in [-0.3, -0.25) is 0 Å². The van der Waals surface area contributed by atoms with E-state index >= 15 is 0 Å². The number of hydrogen-bond donors (Lipinski definition) is 1. The summed E-state index contributed by atoms with van der Waals surface area (Å²) < 4.78 is 10.7. The number of aryl methyl sites for hydroxylation is 1. The lowest BCUT2D eigenvalue weighted by molar-refractivity contribution is 0.354. The van der Waals surface area contributed by atoms with Gasteiger partial charge in [0.05, 0.1) is 25.3 Å². The first-order chi connectivity index (χ1) is 12.6. The van der Waals surface area contributed by atoms with Crippen LogP contribution in [0, 0.1) is 0 Å². The number of hydrogen-bond acceptors (Lipinski definition) is 4. The van der Waals surface area contributed by atoms with Crippen molar-refractivity contribution in [3.8, 4) is 11.5 Å². The fourth-order valence-electron chi connectivity index (χ4n) is 3.80. The lowest BCUT2D eigenvalue weighted by atomic mass is 9.96. The third-order valence-corrected chi connectivity index (χ3v) is 5.46. The van der Waals surface area contributed by atoms with Crippen molar-refractivity contribution in [1.82, 2.24) is 9.97 Å². The minimum Gasteiger partial charge on any atom is -0.493 e. The molecule has 0 spiro atoms. The zero-order valence-electron chi connectivity index (χ0n) is 15.8. The highest BCUT2D eigenvalue weighted by atomic mass is 16.5. The lowest BCUT2D eigenvalue weighted by Gasteiger charge is -2.33. The van der Waals surface area contributed by atoms with Gasteiger partial charge in [0.1, 0.15) is 5.82 Å². The number of aromatic nitrogens is 2. The van der Waals surface area contributed by atoms with Gasteiger partial charge < -0.3 is 19.4 Å². The van der Waals surface area contributed by atoms with E-state index in [4.69, 9.17) is 14.5 Å². The second-order valence-corrected chi connectivity index (χ2v) is 7.01. The van der Waals surface area contributed by atoms with E-state index in [-0.39, 0.29) is 0 Å². The molecule has 1 aromatic heterocycles. The summed E-state index contributed by atoms with van der Waals surface area (Å²) in [7, 11) is 5.48. The monoisotopic (exact) mass is 351 g/mol. The molecule has 26 heavy (non-hydrogen) atoms. The number of methoxy groups -OCH3 is 2. The molecular formula is C21H25N3O2. The summed E-state index contributed by atoms with van der Waals surface area (Å²) in [6, 6.07) is 10.9. The summed E-state index contributed by atoms with van der Waals surface area (Å²) in [4.78, 5) is 10.8. The summed E-state index contributed by atoms with van der Waals surface area (Å²) in [6.45, 7) is 2.28. The van der Waals surface area contributed by atoms with Crippen molar-refractivity contribution in [3.05, 3.63) is 47.3 Å². The number of H-pyrrole nitrogens is 1. The molecule has 1 N–H and O–H groups in total. The number of fused-ring (bicyclic) bond motifs is 3. The van der Waals surface area contributed by atoms with Gasteiger partial charge >= 0.3 is 0 Å². The highest BCUT2D eigenvalue weighted by Crippen LogP contribution is 2.34. The smallest absolute Gasteiger partial charge is 0.161 e. The second-order valence-electron chi connectivity index (χ2n) is 7.01. The van der Waals surface area contributed by atoms with Crippen molar-refractivity contribution < 1.29 is 9.47 Å². The third kappa shape index (κ3) is 2.77. The number of ether oxygens (including phenoxy) is 2. The third-order valence-electron chi connectivity index (χ3n) is 5.46. The molecule has 0 bridgehead atoms. The van der Waals surface area contributed by atoms with Gasteiger partial charge in [-0.1, -0.05) is 6.07 Å². The van der Waals surface area contributed by atoms with Gasteiger partial charge in [0.2, 0.25) is 0 Å². The summed E-state index contributed by atoms with van der Waals surface area (Å²) in [5.41, 5.74) is 6.03. The Hall–Kier alpha value is -2.69. The normalized spacial score (nSPS) is 16.6. The SMILES string of the molecule is COc1ccc(Cc2nc3c4c(ccc3[nH]2)N(C)C(C)CC4)cc1OC. The molecule has 136 valence electrons. The number of benzene rings is 2. The minimum absolute atomic E-state index is 0.574.